The van der Waals surface area contributed by atoms with Crippen LogP contribution in [0.3, 0.4) is 0 Å². The standard InChI is InChI=1S/C53H70N4O15S2/c1-8-29-25(3)33-19-35-27(5)31(12-13-42(61)73-16-11-15-70-53-51(66)50(65)49(64)41(24-59)72-53)46(56-35)32(18-43(62)74-17-10-14-69-44-22-39(60)48(63)40(23-58)71-44)47-45(52(67)68-7)28(6)36(57-47)21-38-30(9-2)26(4)34(55-38)20-37(29)54-33/h8,19-21,27,31,39-41,44,48-51,53-55,58-60,63-66H,1,9-18,22-24H2,2-7H3/t27-,31-,39+,40+,41+,44+,48-,49+,50-,51+,53+/m0/s1. The Morgan fingerprint density at radius 3 is 2.15 bits per heavy atom. The van der Waals surface area contributed by atoms with Gasteiger partial charge in [-0.2, -0.15) is 0 Å². The minimum absolute atomic E-state index is 0.0187. The van der Waals surface area contributed by atoms with Crippen LogP contribution in [0.25, 0.3) is 39.3 Å². The number of carbonyl (C=O) groups is 3. The molecule has 2 saturated heterocycles. The monoisotopic (exact) mass is 1070 g/mol. The molecule has 404 valence electrons. The number of methoxy groups -OCH3 is 1. The summed E-state index contributed by atoms with van der Waals surface area (Å²) < 4.78 is 27.9. The highest BCUT2D eigenvalue weighted by Gasteiger charge is 2.44. The van der Waals surface area contributed by atoms with E-state index in [0.29, 0.717) is 65.4 Å². The topological polar surface area (TPSA) is 296 Å². The van der Waals surface area contributed by atoms with Crippen LogP contribution in [0.4, 0.5) is 0 Å². The summed E-state index contributed by atoms with van der Waals surface area (Å²) in [5, 5.41) is 69.7. The summed E-state index contributed by atoms with van der Waals surface area (Å²) in [6, 6.07) is 5.97. The van der Waals surface area contributed by atoms with Crippen LogP contribution in [-0.4, -0.2) is 172 Å². The number of fused-ring (bicyclic) bond motifs is 8. The molecule has 0 amide bonds. The Balaban J connectivity index is 1.23. The Morgan fingerprint density at radius 1 is 0.811 bits per heavy atom. The summed E-state index contributed by atoms with van der Waals surface area (Å²) in [6.07, 6.45) is -7.60. The van der Waals surface area contributed by atoms with Gasteiger partial charge in [-0.3, -0.25) is 14.6 Å². The van der Waals surface area contributed by atoms with E-state index in [4.69, 9.17) is 33.7 Å². The van der Waals surface area contributed by atoms with Gasteiger partial charge in [-0.1, -0.05) is 50.0 Å². The minimum Gasteiger partial charge on any atom is -0.465 e. The molecule has 9 N–H and O–H groups in total. The number of esters is 1. The first-order chi connectivity index (χ1) is 35.4. The molecule has 0 aliphatic carbocycles. The fourth-order valence-corrected chi connectivity index (χ4v) is 11.5. The zero-order valence-electron chi connectivity index (χ0n) is 42.7. The molecular weight excluding hydrogens is 997 g/mol. The average molecular weight is 1070 g/mol. The van der Waals surface area contributed by atoms with E-state index in [0.717, 1.165) is 67.8 Å². The number of hydrogen-bond acceptors (Lipinski definition) is 19. The van der Waals surface area contributed by atoms with Crippen molar-refractivity contribution in [2.45, 2.75) is 147 Å². The maximum absolute atomic E-state index is 14.4. The number of aryl methyl sites for hydroxylation is 3. The Morgan fingerprint density at radius 2 is 1.47 bits per heavy atom. The number of aliphatic hydroxyl groups is 7. The molecule has 7 rings (SSSR count). The van der Waals surface area contributed by atoms with E-state index >= 15 is 0 Å². The van der Waals surface area contributed by atoms with Crippen LogP contribution in [0.15, 0.2) is 24.8 Å². The average Bonchev–Trinajstić information content (AvgIpc) is 4.07. The summed E-state index contributed by atoms with van der Waals surface area (Å²) in [5.74, 6) is -0.637. The highest BCUT2D eigenvalue weighted by atomic mass is 32.2. The lowest BCUT2D eigenvalue weighted by Crippen LogP contribution is -2.59. The Labute approximate surface area is 438 Å². The van der Waals surface area contributed by atoms with E-state index in [9.17, 15) is 50.1 Å². The molecule has 3 aromatic heterocycles. The molecule has 11 atom stereocenters. The van der Waals surface area contributed by atoms with E-state index in [1.54, 1.807) is 6.92 Å². The van der Waals surface area contributed by atoms with Crippen molar-refractivity contribution < 1.29 is 73.8 Å². The number of hydrogen-bond donors (Lipinski definition) is 9. The SMILES string of the molecule is C=Cc1c(C)c2cc3nc(c(CC(=O)SCCCO[C@H]4C[C@@H](O)[C@H](O)[C@@H](CO)O4)c4nc(cc5[nH]c(cc1[nH]2)c(C)c5CC)C(C)=C4C(=O)OC)[C@@H](CCC(=O)SCCCO[C@@H]1O[C@H](CO)[C@@H](O)[C@H](O)[C@H]1O)[C@@H]3C. The van der Waals surface area contributed by atoms with E-state index in [1.165, 1.54) is 7.11 Å². The lowest BCUT2D eigenvalue weighted by atomic mass is 9.84. The van der Waals surface area contributed by atoms with E-state index in [2.05, 4.69) is 36.5 Å². The van der Waals surface area contributed by atoms with Gasteiger partial charge >= 0.3 is 5.97 Å². The van der Waals surface area contributed by atoms with Gasteiger partial charge in [0.15, 0.2) is 22.8 Å². The first kappa shape index (κ1) is 57.4. The van der Waals surface area contributed by atoms with Crippen molar-refractivity contribution in [1.82, 2.24) is 19.9 Å². The number of aliphatic hydroxyl groups excluding tert-OH is 7. The molecule has 0 spiro atoms. The number of thioether (sulfide) groups is 2. The second-order valence-electron chi connectivity index (χ2n) is 19.1. The third kappa shape index (κ3) is 12.6. The van der Waals surface area contributed by atoms with Crippen LogP contribution in [-0.2, 0) is 50.9 Å². The van der Waals surface area contributed by atoms with E-state index in [1.807, 2.05) is 32.1 Å². The van der Waals surface area contributed by atoms with Gasteiger partial charge < -0.3 is 69.4 Å². The third-order valence-electron chi connectivity index (χ3n) is 14.4. The van der Waals surface area contributed by atoms with Gasteiger partial charge in [-0.25, -0.2) is 9.78 Å². The van der Waals surface area contributed by atoms with Gasteiger partial charge in [-0.05, 0) is 86.9 Å². The molecule has 3 aromatic rings. The third-order valence-corrected chi connectivity index (χ3v) is 16.3. The van der Waals surface area contributed by atoms with Gasteiger partial charge in [-0.15, -0.1) is 0 Å². The molecule has 0 radical (unpaired) electrons. The van der Waals surface area contributed by atoms with Crippen molar-refractivity contribution in [3.63, 3.8) is 0 Å². The highest BCUT2D eigenvalue weighted by Crippen LogP contribution is 2.44. The van der Waals surface area contributed by atoms with Crippen LogP contribution in [0.5, 0.6) is 0 Å². The first-order valence-electron chi connectivity index (χ1n) is 25.1. The first-order valence-corrected chi connectivity index (χ1v) is 27.1. The van der Waals surface area contributed by atoms with Crippen molar-refractivity contribution in [3.8, 4) is 0 Å². The number of nitrogens with zero attached hydrogens (tertiary/aromatic N) is 2. The Hall–Kier alpha value is -4.33. The largest absolute Gasteiger partial charge is 0.465 e. The zero-order chi connectivity index (χ0) is 53.5. The minimum atomic E-state index is -1.57. The second kappa shape index (κ2) is 25.7. The van der Waals surface area contributed by atoms with Crippen molar-refractivity contribution in [3.05, 3.63) is 75.4 Å². The van der Waals surface area contributed by atoms with E-state index < -0.39 is 80.4 Å². The fraction of sp³-hybridized carbons (Fsp3) is 0.566. The van der Waals surface area contributed by atoms with Gasteiger partial charge in [0.1, 0.15) is 36.6 Å². The molecule has 2 fully saturated rings. The quantitative estimate of drug-likeness (QED) is 0.0559. The predicted octanol–water partition coefficient (Wildman–Crippen LogP) is 4.41. The van der Waals surface area contributed by atoms with Crippen LogP contribution in [0, 0.1) is 13.8 Å². The molecule has 21 heteroatoms. The summed E-state index contributed by atoms with van der Waals surface area (Å²) in [7, 11) is 1.30. The molecule has 74 heavy (non-hydrogen) atoms. The number of aromatic nitrogens is 4. The van der Waals surface area contributed by atoms with Crippen molar-refractivity contribution in [2.24, 2.45) is 0 Å². The lowest BCUT2D eigenvalue weighted by Gasteiger charge is -2.39. The molecular formula is C53H70N4O15S2. The maximum Gasteiger partial charge on any atom is 0.340 e. The molecule has 4 aliphatic heterocycles. The number of rotatable bonds is 20. The van der Waals surface area contributed by atoms with Gasteiger partial charge in [0.25, 0.3) is 0 Å². The van der Waals surface area contributed by atoms with Crippen LogP contribution in [0.2, 0.25) is 0 Å². The number of nitrogens with one attached hydrogen (secondary N) is 2. The Bertz CT molecular complexity index is 2740. The predicted molar refractivity (Wildman–Crippen MR) is 281 cm³/mol. The van der Waals surface area contributed by atoms with Gasteiger partial charge in [0, 0.05) is 81.5 Å². The summed E-state index contributed by atoms with van der Waals surface area (Å²) in [5.41, 5.74) is 10.5. The van der Waals surface area contributed by atoms with Gasteiger partial charge in [0.05, 0.1) is 62.3 Å². The number of aromatic amines is 2. The fourth-order valence-electron chi connectivity index (χ4n) is 10.0. The molecule has 0 saturated carbocycles. The van der Waals surface area contributed by atoms with Gasteiger partial charge in [0.2, 0.25) is 0 Å². The number of H-pyrrole nitrogens is 2. The molecule has 7 heterocycles. The van der Waals surface area contributed by atoms with Crippen LogP contribution < -0.4 is 0 Å². The van der Waals surface area contributed by atoms with Crippen LogP contribution in [0.1, 0.15) is 115 Å². The summed E-state index contributed by atoms with van der Waals surface area (Å²) >= 11 is 2.19. The zero-order valence-corrected chi connectivity index (χ0v) is 44.3. The molecule has 0 aromatic carbocycles. The number of allylic oxidation sites excluding steroid dienone is 1. The highest BCUT2D eigenvalue weighted by molar-refractivity contribution is 8.13. The van der Waals surface area contributed by atoms with Crippen molar-refractivity contribution >= 4 is 79.0 Å². The smallest absolute Gasteiger partial charge is 0.340 e. The van der Waals surface area contributed by atoms with Crippen molar-refractivity contribution in [2.75, 3.05) is 45.0 Å². The molecule has 0 unspecified atom stereocenters. The second-order valence-corrected chi connectivity index (χ2v) is 21.4. The summed E-state index contributed by atoms with van der Waals surface area (Å²) in [4.78, 5) is 59.7. The number of carbonyl (C=O) groups excluding carboxylic acids is 3. The molecule has 8 bridgehead atoms. The molecule has 4 aliphatic rings. The van der Waals surface area contributed by atoms with Crippen LogP contribution >= 0.6 is 23.5 Å². The van der Waals surface area contributed by atoms with E-state index in [-0.39, 0.29) is 59.9 Å². The summed E-state index contributed by atoms with van der Waals surface area (Å²) in [6.45, 7) is 13.3. The normalized spacial score (nSPS) is 26.1. The Kier molecular flexibility index (Phi) is 19.9. The van der Waals surface area contributed by atoms with Crippen molar-refractivity contribution in [1.29, 1.82) is 0 Å². The number of ether oxygens (including phenoxy) is 5. The maximum atomic E-state index is 14.4. The lowest BCUT2D eigenvalue weighted by molar-refractivity contribution is -0.300. The molecule has 19 nitrogen and oxygen atoms in total.